The summed E-state index contributed by atoms with van der Waals surface area (Å²) in [4.78, 5) is 0. The van der Waals surface area contributed by atoms with Crippen LogP contribution in [-0.2, 0) is 5.92 Å². The van der Waals surface area contributed by atoms with Crippen LogP contribution in [0.2, 0.25) is 0 Å². The van der Waals surface area contributed by atoms with Gasteiger partial charge in [-0.1, -0.05) is 11.6 Å². The molecule has 82 valence electrons. The van der Waals surface area contributed by atoms with E-state index >= 15 is 0 Å². The lowest BCUT2D eigenvalue weighted by Gasteiger charge is -2.19. The largest absolute Gasteiger partial charge is 0.496 e. The first-order valence-corrected chi connectivity index (χ1v) is 5.08. The second kappa shape index (κ2) is 3.47. The molecule has 0 bridgehead atoms. The number of methoxy groups -OCH3 is 1. The minimum atomic E-state index is -2.74. The zero-order chi connectivity index (χ0) is 11.1. The molecular formula is C12H14F2O. The Hall–Kier alpha value is -1.12. The number of ether oxygens (including phenoxy) is 1. The van der Waals surface area contributed by atoms with Gasteiger partial charge in [-0.15, -0.1) is 0 Å². The molecule has 1 aromatic rings. The van der Waals surface area contributed by atoms with Crippen molar-refractivity contribution in [3.05, 3.63) is 29.3 Å². The highest BCUT2D eigenvalue weighted by Gasteiger charge is 2.49. The van der Waals surface area contributed by atoms with E-state index in [1.54, 1.807) is 12.1 Å². The van der Waals surface area contributed by atoms with Crippen LogP contribution in [-0.4, -0.2) is 7.11 Å². The van der Waals surface area contributed by atoms with Gasteiger partial charge in [-0.05, 0) is 31.9 Å². The van der Waals surface area contributed by atoms with Gasteiger partial charge in [0.1, 0.15) is 5.75 Å². The lowest BCUT2D eigenvalue weighted by Crippen LogP contribution is -2.17. The summed E-state index contributed by atoms with van der Waals surface area (Å²) >= 11 is 0. The Labute approximate surface area is 88.1 Å². The normalized spacial score (nSPS) is 16.5. The van der Waals surface area contributed by atoms with E-state index < -0.39 is 11.8 Å². The Kier molecular flexibility index (Phi) is 2.41. The van der Waals surface area contributed by atoms with Crippen molar-refractivity contribution >= 4 is 0 Å². The molecule has 0 radical (unpaired) electrons. The first kappa shape index (κ1) is 10.4. The SMILES string of the molecule is COc1ccc(C)cc1C(F)(F)C1CC1. The van der Waals surface area contributed by atoms with E-state index in [2.05, 4.69) is 0 Å². The van der Waals surface area contributed by atoms with Gasteiger partial charge in [0, 0.05) is 5.92 Å². The predicted molar refractivity (Wildman–Crippen MR) is 54.3 cm³/mol. The van der Waals surface area contributed by atoms with E-state index in [0.29, 0.717) is 12.8 Å². The first-order valence-electron chi connectivity index (χ1n) is 5.08. The summed E-state index contributed by atoms with van der Waals surface area (Å²) in [7, 11) is 1.43. The highest BCUT2D eigenvalue weighted by Crippen LogP contribution is 2.51. The lowest BCUT2D eigenvalue weighted by molar-refractivity contribution is -0.0305. The Morgan fingerprint density at radius 3 is 2.53 bits per heavy atom. The van der Waals surface area contributed by atoms with Crippen molar-refractivity contribution in [2.75, 3.05) is 7.11 Å². The third-order valence-electron chi connectivity index (χ3n) is 2.80. The average molecular weight is 212 g/mol. The van der Waals surface area contributed by atoms with Crippen molar-refractivity contribution in [1.29, 1.82) is 0 Å². The van der Waals surface area contributed by atoms with E-state index in [0.717, 1.165) is 5.56 Å². The minimum absolute atomic E-state index is 0.0347. The maximum absolute atomic E-state index is 13.9. The standard InChI is InChI=1S/C12H14F2O/c1-8-3-6-11(15-2)10(7-8)12(13,14)9-4-5-9/h3,6-7,9H,4-5H2,1-2H3. The number of benzene rings is 1. The second-order valence-corrected chi connectivity index (χ2v) is 4.10. The van der Waals surface area contributed by atoms with Crippen LogP contribution in [0.1, 0.15) is 24.0 Å². The lowest BCUT2D eigenvalue weighted by atomic mass is 10.0. The highest BCUT2D eigenvalue weighted by molar-refractivity contribution is 5.40. The molecule has 1 aromatic carbocycles. The first-order chi connectivity index (χ1) is 7.05. The van der Waals surface area contributed by atoms with E-state index in [9.17, 15) is 8.78 Å². The van der Waals surface area contributed by atoms with Crippen molar-refractivity contribution in [2.24, 2.45) is 5.92 Å². The molecule has 0 saturated heterocycles. The Bertz CT molecular complexity index is 370. The van der Waals surface area contributed by atoms with Gasteiger partial charge in [0.25, 0.3) is 5.92 Å². The van der Waals surface area contributed by atoms with Gasteiger partial charge in [0.2, 0.25) is 0 Å². The van der Waals surface area contributed by atoms with Crippen molar-refractivity contribution in [3.63, 3.8) is 0 Å². The zero-order valence-corrected chi connectivity index (χ0v) is 8.89. The number of aryl methyl sites for hydroxylation is 1. The van der Waals surface area contributed by atoms with Gasteiger partial charge in [0.15, 0.2) is 0 Å². The summed E-state index contributed by atoms with van der Waals surface area (Å²) in [6.07, 6.45) is 1.23. The van der Waals surface area contributed by atoms with Crippen LogP contribution < -0.4 is 4.74 Å². The fraction of sp³-hybridized carbons (Fsp3) is 0.500. The fourth-order valence-corrected chi connectivity index (χ4v) is 1.75. The van der Waals surface area contributed by atoms with E-state index in [1.807, 2.05) is 6.92 Å². The highest BCUT2D eigenvalue weighted by atomic mass is 19.3. The van der Waals surface area contributed by atoms with Crippen LogP contribution in [0.4, 0.5) is 8.78 Å². The van der Waals surface area contributed by atoms with Gasteiger partial charge < -0.3 is 4.74 Å². The van der Waals surface area contributed by atoms with Crippen LogP contribution >= 0.6 is 0 Å². The summed E-state index contributed by atoms with van der Waals surface area (Å²) < 4.78 is 32.8. The Morgan fingerprint density at radius 1 is 1.33 bits per heavy atom. The van der Waals surface area contributed by atoms with E-state index in [4.69, 9.17) is 4.74 Å². The van der Waals surface area contributed by atoms with Gasteiger partial charge in [-0.25, -0.2) is 8.78 Å². The van der Waals surface area contributed by atoms with Crippen LogP contribution in [0.15, 0.2) is 18.2 Å². The zero-order valence-electron chi connectivity index (χ0n) is 8.89. The van der Waals surface area contributed by atoms with Crippen molar-refractivity contribution in [2.45, 2.75) is 25.7 Å². The molecule has 3 heteroatoms. The van der Waals surface area contributed by atoms with Crippen LogP contribution in [0, 0.1) is 12.8 Å². The molecule has 1 saturated carbocycles. The number of alkyl halides is 2. The van der Waals surface area contributed by atoms with Crippen molar-refractivity contribution in [1.82, 2.24) is 0 Å². The molecular weight excluding hydrogens is 198 g/mol. The van der Waals surface area contributed by atoms with E-state index in [-0.39, 0.29) is 11.3 Å². The molecule has 0 N–H and O–H groups in total. The van der Waals surface area contributed by atoms with Crippen molar-refractivity contribution in [3.8, 4) is 5.75 Å². The molecule has 1 aliphatic carbocycles. The Balaban J connectivity index is 2.44. The summed E-state index contributed by atoms with van der Waals surface area (Å²) in [5.41, 5.74) is 0.874. The molecule has 0 aromatic heterocycles. The molecule has 2 rings (SSSR count). The molecule has 0 aliphatic heterocycles. The molecule has 0 atom stereocenters. The molecule has 0 amide bonds. The number of hydrogen-bond donors (Lipinski definition) is 0. The average Bonchev–Trinajstić information content (AvgIpc) is 3.01. The molecule has 15 heavy (non-hydrogen) atoms. The molecule has 0 spiro atoms. The van der Waals surface area contributed by atoms with E-state index in [1.165, 1.54) is 13.2 Å². The minimum Gasteiger partial charge on any atom is -0.496 e. The second-order valence-electron chi connectivity index (χ2n) is 4.10. The third-order valence-corrected chi connectivity index (χ3v) is 2.80. The topological polar surface area (TPSA) is 9.23 Å². The molecule has 0 heterocycles. The quantitative estimate of drug-likeness (QED) is 0.745. The van der Waals surface area contributed by atoms with Crippen LogP contribution in [0.25, 0.3) is 0 Å². The third kappa shape index (κ3) is 1.83. The summed E-state index contributed by atoms with van der Waals surface area (Å²) in [6, 6.07) is 4.92. The molecule has 0 unspecified atom stereocenters. The summed E-state index contributed by atoms with van der Waals surface area (Å²) in [6.45, 7) is 1.81. The molecule has 1 fully saturated rings. The van der Waals surface area contributed by atoms with Crippen molar-refractivity contribution < 1.29 is 13.5 Å². The fourth-order valence-electron chi connectivity index (χ4n) is 1.75. The van der Waals surface area contributed by atoms with Crippen LogP contribution in [0.5, 0.6) is 5.75 Å². The summed E-state index contributed by atoms with van der Waals surface area (Å²) in [5.74, 6) is -2.94. The van der Waals surface area contributed by atoms with Gasteiger partial charge in [0.05, 0.1) is 12.7 Å². The number of rotatable bonds is 3. The number of hydrogen-bond acceptors (Lipinski definition) is 1. The van der Waals surface area contributed by atoms with Gasteiger partial charge in [-0.3, -0.25) is 0 Å². The number of halogens is 2. The smallest absolute Gasteiger partial charge is 0.279 e. The maximum atomic E-state index is 13.9. The van der Waals surface area contributed by atoms with Gasteiger partial charge in [-0.2, -0.15) is 0 Å². The molecule has 1 nitrogen and oxygen atoms in total. The van der Waals surface area contributed by atoms with Crippen LogP contribution in [0.3, 0.4) is 0 Å². The predicted octanol–water partition coefficient (Wildman–Crippen LogP) is 3.51. The monoisotopic (exact) mass is 212 g/mol. The van der Waals surface area contributed by atoms with Gasteiger partial charge >= 0.3 is 0 Å². The molecule has 1 aliphatic rings. The maximum Gasteiger partial charge on any atom is 0.279 e. The Morgan fingerprint density at radius 2 is 2.00 bits per heavy atom. The summed E-state index contributed by atoms with van der Waals surface area (Å²) in [5, 5.41) is 0.